The first-order chi connectivity index (χ1) is 15.9. The zero-order valence-electron chi connectivity index (χ0n) is 21.1. The molecule has 0 heterocycles. The molecule has 4 aromatic rings. The number of benzene rings is 4. The Hall–Kier alpha value is -2.13. The molecule has 5 rings (SSSR count). The molecule has 4 aromatic carbocycles. The summed E-state index contributed by atoms with van der Waals surface area (Å²) in [6.45, 7) is 8.96. The fourth-order valence-corrected chi connectivity index (χ4v) is 5.50. The summed E-state index contributed by atoms with van der Waals surface area (Å²) in [5, 5.41) is 15.0. The van der Waals surface area contributed by atoms with Crippen molar-refractivity contribution in [3.05, 3.63) is 136 Å². The third kappa shape index (κ3) is 4.76. The van der Waals surface area contributed by atoms with Crippen LogP contribution in [0.5, 0.6) is 0 Å². The summed E-state index contributed by atoms with van der Waals surface area (Å²) in [5.74, 6) is 0.306. The molecule has 0 fully saturated rings. The molecule has 36 heavy (non-hydrogen) atoms. The monoisotopic (exact) mass is 550 g/mol. The third-order valence-electron chi connectivity index (χ3n) is 7.60. The van der Waals surface area contributed by atoms with E-state index in [0.717, 1.165) is 33.0 Å². The van der Waals surface area contributed by atoms with Gasteiger partial charge in [0.25, 0.3) is 0 Å². The van der Waals surface area contributed by atoms with Crippen molar-refractivity contribution < 1.29 is 26.8 Å². The molecule has 0 radical (unpaired) electrons. The van der Waals surface area contributed by atoms with Crippen molar-refractivity contribution in [2.75, 3.05) is 0 Å². The average molecular weight is 551 g/mol. The molecule has 4 heteroatoms. The molecule has 1 atom stereocenters. The normalized spacial score (nSPS) is 15.3. The second-order valence-corrected chi connectivity index (χ2v) is 9.22. The maximum absolute atomic E-state index is 12.8. The number of hydrogen-bond acceptors (Lipinski definition) is 1. The number of aliphatic hydroxyl groups is 1. The second kappa shape index (κ2) is 11.9. The van der Waals surface area contributed by atoms with E-state index in [1.165, 1.54) is 22.3 Å². The first-order valence-corrected chi connectivity index (χ1v) is 11.7. The van der Waals surface area contributed by atoms with Crippen molar-refractivity contribution in [2.24, 2.45) is 5.92 Å². The van der Waals surface area contributed by atoms with Gasteiger partial charge in [-0.1, -0.05) is 110 Å². The molecule has 1 aliphatic carbocycles. The smallest absolute Gasteiger partial charge is 0.141 e. The molecule has 0 saturated carbocycles. The molecule has 0 aromatic heterocycles. The van der Waals surface area contributed by atoms with Gasteiger partial charge in [0.1, 0.15) is 5.60 Å². The van der Waals surface area contributed by atoms with Gasteiger partial charge in [-0.25, -0.2) is 0 Å². The number of halogens is 2. The van der Waals surface area contributed by atoms with Crippen LogP contribution in [0.1, 0.15) is 49.9 Å². The van der Waals surface area contributed by atoms with Crippen molar-refractivity contribution in [3.63, 3.8) is 0 Å². The zero-order valence-corrected chi connectivity index (χ0v) is 24.3. The van der Waals surface area contributed by atoms with Gasteiger partial charge in [0, 0.05) is 33.2 Å². The largest absolute Gasteiger partial charge is 0.376 e. The minimum absolute atomic E-state index is 0. The molecule has 184 valence electrons. The van der Waals surface area contributed by atoms with Crippen LogP contribution in [0.15, 0.2) is 114 Å². The molecule has 0 saturated heterocycles. The average Bonchev–Trinajstić information content (AvgIpc) is 3.06. The molecule has 0 aliphatic heterocycles. The summed E-state index contributed by atoms with van der Waals surface area (Å²) in [7, 11) is 0. The van der Waals surface area contributed by atoms with E-state index in [1.54, 1.807) is 0 Å². The first-order valence-electron chi connectivity index (χ1n) is 11.7. The summed E-state index contributed by atoms with van der Waals surface area (Å²) in [6.07, 6.45) is 0. The summed E-state index contributed by atoms with van der Waals surface area (Å²) in [6, 6.07) is 33.0. The SMILES string of the molecule is CC1=C(C)C(C)C(c2ccc3ccccc3c2C(O)(c2ccccc2)c2ccccc2)=C1C.Cl.Cl.[Ti]. The number of hydrogen-bond donors (Lipinski definition) is 1. The Balaban J connectivity index is 0.00000152. The predicted molar refractivity (Wildman–Crippen MR) is 154 cm³/mol. The number of allylic oxidation sites excluding steroid dienone is 4. The fourth-order valence-electron chi connectivity index (χ4n) is 5.50. The van der Waals surface area contributed by atoms with E-state index in [1.807, 2.05) is 60.7 Å². The van der Waals surface area contributed by atoms with Gasteiger partial charge in [0.15, 0.2) is 0 Å². The van der Waals surface area contributed by atoms with Gasteiger partial charge in [0.05, 0.1) is 0 Å². The second-order valence-electron chi connectivity index (χ2n) is 9.22. The summed E-state index contributed by atoms with van der Waals surface area (Å²) >= 11 is 0. The van der Waals surface area contributed by atoms with E-state index < -0.39 is 5.60 Å². The van der Waals surface area contributed by atoms with E-state index in [2.05, 4.69) is 64.1 Å². The van der Waals surface area contributed by atoms with Crippen LogP contribution in [0.3, 0.4) is 0 Å². The van der Waals surface area contributed by atoms with Crippen LogP contribution in [0.2, 0.25) is 0 Å². The summed E-state index contributed by atoms with van der Waals surface area (Å²) in [5.41, 5.74) is 7.95. The van der Waals surface area contributed by atoms with E-state index in [-0.39, 0.29) is 46.5 Å². The van der Waals surface area contributed by atoms with Gasteiger partial charge in [-0.05, 0) is 65.0 Å². The van der Waals surface area contributed by atoms with Gasteiger partial charge < -0.3 is 5.11 Å². The molecular weight excluding hydrogens is 519 g/mol. The zero-order chi connectivity index (χ0) is 23.2. The molecule has 0 bridgehead atoms. The van der Waals surface area contributed by atoms with Crippen LogP contribution in [0, 0.1) is 5.92 Å². The maximum Gasteiger partial charge on any atom is 0.141 e. The van der Waals surface area contributed by atoms with Crippen LogP contribution in [-0.2, 0) is 27.3 Å². The Kier molecular flexibility index (Phi) is 9.99. The van der Waals surface area contributed by atoms with Gasteiger partial charge >= 0.3 is 0 Å². The molecular formula is C32H32Cl2OTi. The van der Waals surface area contributed by atoms with Crippen LogP contribution in [0.25, 0.3) is 16.3 Å². The summed E-state index contributed by atoms with van der Waals surface area (Å²) < 4.78 is 0. The molecule has 1 nitrogen and oxygen atoms in total. The number of fused-ring (bicyclic) bond motifs is 1. The van der Waals surface area contributed by atoms with Crippen molar-refractivity contribution >= 4 is 41.2 Å². The molecule has 0 amide bonds. The van der Waals surface area contributed by atoms with Crippen LogP contribution in [-0.4, -0.2) is 5.11 Å². The first kappa shape index (κ1) is 30.1. The van der Waals surface area contributed by atoms with Crippen molar-refractivity contribution in [2.45, 2.75) is 33.3 Å². The molecule has 1 unspecified atom stereocenters. The Morgan fingerprint density at radius 2 is 1.14 bits per heavy atom. The fraction of sp³-hybridized carbons (Fsp3) is 0.188. The standard InChI is InChI=1S/C32H30O.2ClH.Ti/c1-21-22(2)24(4)30(23(21)3)29-20-19-25-13-11-12-18-28(25)31(29)32(33,26-14-7-5-8-15-26)27-16-9-6-10-17-27;;;/h5-20,23,33H,1-4H3;2*1H;. The Morgan fingerprint density at radius 3 is 1.64 bits per heavy atom. The minimum atomic E-state index is -1.30. The van der Waals surface area contributed by atoms with Crippen LogP contribution in [0.4, 0.5) is 0 Å². The third-order valence-corrected chi connectivity index (χ3v) is 7.60. The van der Waals surface area contributed by atoms with Crippen molar-refractivity contribution in [1.82, 2.24) is 0 Å². The van der Waals surface area contributed by atoms with Gasteiger partial charge in [-0.2, -0.15) is 0 Å². The topological polar surface area (TPSA) is 20.2 Å². The van der Waals surface area contributed by atoms with Crippen LogP contribution < -0.4 is 0 Å². The quantitative estimate of drug-likeness (QED) is 0.199. The van der Waals surface area contributed by atoms with E-state index in [0.29, 0.717) is 5.92 Å². The Bertz CT molecular complexity index is 1370. The minimum Gasteiger partial charge on any atom is -0.376 e. The predicted octanol–water partition coefficient (Wildman–Crippen LogP) is 8.72. The molecule has 1 aliphatic rings. The van der Waals surface area contributed by atoms with E-state index in [4.69, 9.17) is 0 Å². The van der Waals surface area contributed by atoms with E-state index in [9.17, 15) is 5.11 Å². The van der Waals surface area contributed by atoms with Crippen molar-refractivity contribution in [3.8, 4) is 0 Å². The molecule has 0 spiro atoms. The van der Waals surface area contributed by atoms with Gasteiger partial charge in [0.2, 0.25) is 0 Å². The van der Waals surface area contributed by atoms with Gasteiger partial charge in [-0.3, -0.25) is 0 Å². The number of rotatable bonds is 4. The Morgan fingerprint density at radius 1 is 0.639 bits per heavy atom. The maximum atomic E-state index is 12.8. The van der Waals surface area contributed by atoms with Gasteiger partial charge in [-0.15, -0.1) is 24.8 Å². The van der Waals surface area contributed by atoms with E-state index >= 15 is 0 Å². The van der Waals surface area contributed by atoms with Crippen LogP contribution >= 0.6 is 24.8 Å². The van der Waals surface area contributed by atoms with Crippen molar-refractivity contribution in [1.29, 1.82) is 0 Å². The Labute approximate surface area is 242 Å². The summed E-state index contributed by atoms with van der Waals surface area (Å²) in [4.78, 5) is 0. The molecule has 1 N–H and O–H groups in total.